The lowest BCUT2D eigenvalue weighted by molar-refractivity contribution is -0.130. The summed E-state index contributed by atoms with van der Waals surface area (Å²) >= 11 is 0. The second-order valence-electron chi connectivity index (χ2n) is 6.08. The Morgan fingerprint density at radius 3 is 2.12 bits per heavy atom. The van der Waals surface area contributed by atoms with Gasteiger partial charge in [0, 0.05) is 38.8 Å². The lowest BCUT2D eigenvalue weighted by Crippen LogP contribution is -2.50. The van der Waals surface area contributed by atoms with Crippen molar-refractivity contribution >= 4 is 23.2 Å². The molecule has 1 N–H and O–H groups in total. The fourth-order valence-electron chi connectivity index (χ4n) is 2.82. The van der Waals surface area contributed by atoms with Crippen molar-refractivity contribution in [2.75, 3.05) is 38.6 Å². The summed E-state index contributed by atoms with van der Waals surface area (Å²) in [6.07, 6.45) is 1.64. The van der Waals surface area contributed by atoms with Crippen LogP contribution in [0.5, 0.6) is 5.75 Å². The van der Waals surface area contributed by atoms with Crippen molar-refractivity contribution < 1.29 is 14.3 Å². The average Bonchev–Trinajstić information content (AvgIpc) is 2.69. The minimum Gasteiger partial charge on any atom is -0.497 e. The first kappa shape index (κ1) is 17.7. The number of hydrogen-bond donors (Lipinski definition) is 1. The highest BCUT2D eigenvalue weighted by atomic mass is 16.5. The molecule has 2 aromatic rings. The van der Waals surface area contributed by atoms with Crippen LogP contribution in [0.25, 0.3) is 0 Å². The van der Waals surface area contributed by atoms with E-state index >= 15 is 0 Å². The summed E-state index contributed by atoms with van der Waals surface area (Å²) in [5, 5.41) is 3.23. The maximum Gasteiger partial charge on any atom is 0.272 e. The van der Waals surface area contributed by atoms with Crippen LogP contribution in [0.2, 0.25) is 0 Å². The van der Waals surface area contributed by atoms with Gasteiger partial charge in [-0.25, -0.2) is 4.98 Å². The Morgan fingerprint density at radius 2 is 1.58 bits per heavy atom. The molecule has 3 rings (SSSR count). The number of nitrogens with zero attached hydrogens (tertiary/aromatic N) is 3. The maximum atomic E-state index is 12.5. The zero-order chi connectivity index (χ0) is 18.5. The van der Waals surface area contributed by atoms with Crippen molar-refractivity contribution in [1.82, 2.24) is 14.8 Å². The van der Waals surface area contributed by atoms with E-state index in [-0.39, 0.29) is 11.8 Å². The highest BCUT2D eigenvalue weighted by Crippen LogP contribution is 2.19. The molecule has 7 heteroatoms. The molecule has 1 aromatic heterocycles. The van der Waals surface area contributed by atoms with Crippen LogP contribution in [0.15, 0.2) is 42.6 Å². The minimum absolute atomic E-state index is 0.0455. The Morgan fingerprint density at radius 1 is 0.962 bits per heavy atom. The molecule has 0 bridgehead atoms. The molecule has 1 fully saturated rings. The zero-order valence-electron chi connectivity index (χ0n) is 14.9. The van der Waals surface area contributed by atoms with Crippen molar-refractivity contribution in [1.29, 1.82) is 0 Å². The number of nitrogens with one attached hydrogen (secondary N) is 1. The number of benzene rings is 1. The summed E-state index contributed by atoms with van der Waals surface area (Å²) in [7, 11) is 1.63. The van der Waals surface area contributed by atoms with Gasteiger partial charge in [-0.15, -0.1) is 0 Å². The quantitative estimate of drug-likeness (QED) is 0.910. The van der Waals surface area contributed by atoms with Crippen LogP contribution in [0.3, 0.4) is 0 Å². The first-order valence-electron chi connectivity index (χ1n) is 8.49. The third-order valence-corrected chi connectivity index (χ3v) is 4.37. The summed E-state index contributed by atoms with van der Waals surface area (Å²) in [5.41, 5.74) is 2.11. The van der Waals surface area contributed by atoms with Gasteiger partial charge in [-0.2, -0.15) is 0 Å². The first-order valence-corrected chi connectivity index (χ1v) is 8.49. The van der Waals surface area contributed by atoms with E-state index in [9.17, 15) is 9.59 Å². The molecular formula is C19H22N4O3. The Kier molecular flexibility index (Phi) is 5.36. The highest BCUT2D eigenvalue weighted by molar-refractivity contribution is 5.92. The van der Waals surface area contributed by atoms with Gasteiger partial charge in [0.05, 0.1) is 19.0 Å². The second-order valence-corrected chi connectivity index (χ2v) is 6.08. The number of piperazine rings is 1. The Bertz CT molecular complexity index is 766. The summed E-state index contributed by atoms with van der Waals surface area (Å²) in [5.74, 6) is 0.730. The van der Waals surface area contributed by atoms with Crippen LogP contribution in [0, 0.1) is 0 Å². The monoisotopic (exact) mass is 354 g/mol. The van der Waals surface area contributed by atoms with E-state index in [1.165, 1.54) is 0 Å². The normalized spacial score (nSPS) is 14.1. The predicted octanol–water partition coefficient (Wildman–Crippen LogP) is 2.14. The smallest absolute Gasteiger partial charge is 0.272 e. The van der Waals surface area contributed by atoms with Gasteiger partial charge in [-0.3, -0.25) is 9.59 Å². The highest BCUT2D eigenvalue weighted by Gasteiger charge is 2.23. The van der Waals surface area contributed by atoms with E-state index in [2.05, 4.69) is 10.3 Å². The van der Waals surface area contributed by atoms with Crippen molar-refractivity contribution in [3.63, 3.8) is 0 Å². The van der Waals surface area contributed by atoms with Gasteiger partial charge < -0.3 is 19.9 Å². The minimum atomic E-state index is -0.107. The second kappa shape index (κ2) is 7.86. The molecule has 0 atom stereocenters. The molecule has 0 radical (unpaired) electrons. The lowest BCUT2D eigenvalue weighted by Gasteiger charge is -2.34. The third-order valence-electron chi connectivity index (χ3n) is 4.37. The predicted molar refractivity (Wildman–Crippen MR) is 98.7 cm³/mol. The first-order chi connectivity index (χ1) is 12.6. The lowest BCUT2D eigenvalue weighted by atomic mass is 10.2. The Balaban J connectivity index is 1.60. The van der Waals surface area contributed by atoms with E-state index in [1.807, 2.05) is 30.3 Å². The maximum absolute atomic E-state index is 12.5. The number of carbonyl (C=O) groups excluding carboxylic acids is 2. The van der Waals surface area contributed by atoms with Crippen LogP contribution < -0.4 is 10.1 Å². The third kappa shape index (κ3) is 4.11. The number of ether oxygens (including phenoxy) is 1. The average molecular weight is 354 g/mol. The molecule has 1 aromatic carbocycles. The number of anilines is 2. The molecule has 26 heavy (non-hydrogen) atoms. The van der Waals surface area contributed by atoms with Gasteiger partial charge in [0.1, 0.15) is 11.4 Å². The van der Waals surface area contributed by atoms with E-state index < -0.39 is 0 Å². The fraction of sp³-hybridized carbons (Fsp3) is 0.316. The molecule has 2 heterocycles. The van der Waals surface area contributed by atoms with Gasteiger partial charge in [0.2, 0.25) is 5.91 Å². The molecule has 136 valence electrons. The number of rotatable bonds is 4. The molecule has 1 aliphatic heterocycles. The summed E-state index contributed by atoms with van der Waals surface area (Å²) in [6, 6.07) is 11.1. The number of methoxy groups -OCH3 is 1. The largest absolute Gasteiger partial charge is 0.497 e. The molecule has 1 saturated heterocycles. The van der Waals surface area contributed by atoms with E-state index in [0.29, 0.717) is 31.9 Å². The number of pyridine rings is 1. The van der Waals surface area contributed by atoms with E-state index in [0.717, 1.165) is 17.1 Å². The van der Waals surface area contributed by atoms with Gasteiger partial charge in [0.15, 0.2) is 0 Å². The Hall–Kier alpha value is -3.09. The molecule has 0 saturated carbocycles. The van der Waals surface area contributed by atoms with Crippen molar-refractivity contribution in [2.24, 2.45) is 0 Å². The molecular weight excluding hydrogens is 332 g/mol. The molecule has 2 amide bonds. The zero-order valence-corrected chi connectivity index (χ0v) is 14.9. The molecule has 7 nitrogen and oxygen atoms in total. The number of carbonyl (C=O) groups is 2. The van der Waals surface area contributed by atoms with Crippen molar-refractivity contribution in [2.45, 2.75) is 6.92 Å². The van der Waals surface area contributed by atoms with Crippen LogP contribution >= 0.6 is 0 Å². The van der Waals surface area contributed by atoms with E-state index in [4.69, 9.17) is 4.74 Å². The number of aromatic nitrogens is 1. The SMILES string of the molecule is COc1ccc(Nc2ccc(C(=O)N3CCN(C(C)=O)CC3)nc2)cc1. The number of amides is 2. The Labute approximate surface area is 152 Å². The van der Waals surface area contributed by atoms with Gasteiger partial charge in [-0.1, -0.05) is 0 Å². The van der Waals surface area contributed by atoms with Gasteiger partial charge in [-0.05, 0) is 36.4 Å². The summed E-state index contributed by atoms with van der Waals surface area (Å²) in [6.45, 7) is 3.75. The van der Waals surface area contributed by atoms with Crippen molar-refractivity contribution in [3.8, 4) is 5.75 Å². The standard InChI is InChI=1S/C19H22N4O3/c1-14(24)22-9-11-23(12-10-22)19(25)18-8-5-16(13-20-18)21-15-3-6-17(26-2)7-4-15/h3-8,13,21H,9-12H2,1-2H3. The summed E-state index contributed by atoms with van der Waals surface area (Å²) in [4.78, 5) is 31.7. The van der Waals surface area contributed by atoms with Crippen LogP contribution in [0.4, 0.5) is 11.4 Å². The topological polar surface area (TPSA) is 74.8 Å². The fourth-order valence-corrected chi connectivity index (χ4v) is 2.82. The van der Waals surface area contributed by atoms with Crippen LogP contribution in [0.1, 0.15) is 17.4 Å². The molecule has 0 aliphatic carbocycles. The van der Waals surface area contributed by atoms with E-state index in [1.54, 1.807) is 36.1 Å². The van der Waals surface area contributed by atoms with Crippen LogP contribution in [-0.4, -0.2) is 59.9 Å². The molecule has 1 aliphatic rings. The number of hydrogen-bond acceptors (Lipinski definition) is 5. The van der Waals surface area contributed by atoms with Crippen LogP contribution in [-0.2, 0) is 4.79 Å². The molecule has 0 unspecified atom stereocenters. The summed E-state index contributed by atoms with van der Waals surface area (Å²) < 4.78 is 5.13. The van der Waals surface area contributed by atoms with Crippen molar-refractivity contribution in [3.05, 3.63) is 48.3 Å². The van der Waals surface area contributed by atoms with Gasteiger partial charge >= 0.3 is 0 Å². The van der Waals surface area contributed by atoms with Gasteiger partial charge in [0.25, 0.3) is 5.91 Å². The molecule has 0 spiro atoms.